The third-order valence-corrected chi connectivity index (χ3v) is 4.09. The number of halogens is 1. The summed E-state index contributed by atoms with van der Waals surface area (Å²) in [5.41, 5.74) is 0.0164. The first kappa shape index (κ1) is 16.4. The van der Waals surface area contributed by atoms with Gasteiger partial charge >= 0.3 is 5.69 Å². The van der Waals surface area contributed by atoms with Crippen LogP contribution in [0.3, 0.4) is 0 Å². The number of benzene rings is 1. The summed E-state index contributed by atoms with van der Waals surface area (Å²) in [7, 11) is 0. The van der Waals surface area contributed by atoms with Crippen molar-refractivity contribution in [1.29, 1.82) is 0 Å². The summed E-state index contributed by atoms with van der Waals surface area (Å²) < 4.78 is 2.57. The Bertz CT molecular complexity index is 807. The smallest absolute Gasteiger partial charge is 0.296 e. The van der Waals surface area contributed by atoms with E-state index in [0.29, 0.717) is 17.8 Å². The summed E-state index contributed by atoms with van der Waals surface area (Å²) >= 11 is 3.30. The molecule has 5 nitrogen and oxygen atoms in total. The van der Waals surface area contributed by atoms with Crippen molar-refractivity contribution in [3.8, 4) is 0 Å². The van der Waals surface area contributed by atoms with Gasteiger partial charge in [0.2, 0.25) is 0 Å². The molecule has 0 aliphatic rings. The molecule has 1 aromatic heterocycles. The highest BCUT2D eigenvalue weighted by molar-refractivity contribution is 9.08. The molecule has 1 aromatic carbocycles. The number of carbonyl (C=O) groups excluding carboxylic acids is 1. The van der Waals surface area contributed by atoms with Gasteiger partial charge in [-0.2, -0.15) is 0 Å². The minimum atomic E-state index is -0.527. The van der Waals surface area contributed by atoms with Crippen LogP contribution in [0.25, 0.3) is 0 Å². The van der Waals surface area contributed by atoms with E-state index in [4.69, 9.17) is 0 Å². The second-order valence-corrected chi connectivity index (χ2v) is 5.29. The Hall–Kier alpha value is -1.95. The fourth-order valence-electron chi connectivity index (χ4n) is 2.45. The first-order chi connectivity index (χ1) is 10.6. The molecular formula is C16H17BrN2O3. The Balaban J connectivity index is 2.83. The molecule has 1 heterocycles. The van der Waals surface area contributed by atoms with Crippen molar-refractivity contribution in [3.05, 3.63) is 68.0 Å². The summed E-state index contributed by atoms with van der Waals surface area (Å²) in [6.07, 6.45) is 0. The van der Waals surface area contributed by atoms with Crippen LogP contribution in [0.5, 0.6) is 0 Å². The van der Waals surface area contributed by atoms with E-state index >= 15 is 0 Å². The zero-order valence-electron chi connectivity index (χ0n) is 12.5. The van der Waals surface area contributed by atoms with Gasteiger partial charge in [-0.1, -0.05) is 46.3 Å². The topological polar surface area (TPSA) is 61.1 Å². The van der Waals surface area contributed by atoms with Gasteiger partial charge in [-0.25, -0.2) is 4.79 Å². The van der Waals surface area contributed by atoms with Gasteiger partial charge in [-0.15, -0.1) is 0 Å². The fraction of sp³-hybridized carbons (Fsp3) is 0.312. The molecule has 0 fully saturated rings. The Morgan fingerprint density at radius 2 is 1.64 bits per heavy atom. The van der Waals surface area contributed by atoms with Crippen LogP contribution < -0.4 is 11.2 Å². The van der Waals surface area contributed by atoms with Gasteiger partial charge in [0.05, 0.1) is 0 Å². The number of alkyl halides is 1. The number of hydrogen-bond acceptors (Lipinski definition) is 3. The van der Waals surface area contributed by atoms with Crippen molar-refractivity contribution < 1.29 is 4.79 Å². The first-order valence-corrected chi connectivity index (χ1v) is 8.21. The SMILES string of the molecule is CCn1c(CBr)c(C(=O)c2ccccc2)c(=O)n(CC)c1=O. The van der Waals surface area contributed by atoms with E-state index in [0.717, 1.165) is 4.57 Å². The maximum absolute atomic E-state index is 12.7. The maximum atomic E-state index is 12.7. The van der Waals surface area contributed by atoms with Crippen molar-refractivity contribution in [3.63, 3.8) is 0 Å². The summed E-state index contributed by atoms with van der Waals surface area (Å²) in [4.78, 5) is 37.7. The zero-order chi connectivity index (χ0) is 16.3. The third-order valence-electron chi connectivity index (χ3n) is 3.56. The predicted octanol–water partition coefficient (Wildman–Crippen LogP) is 2.18. The van der Waals surface area contributed by atoms with Gasteiger partial charge in [-0.05, 0) is 13.8 Å². The van der Waals surface area contributed by atoms with Gasteiger partial charge in [-0.3, -0.25) is 18.7 Å². The molecule has 116 valence electrons. The standard InChI is InChI=1S/C16H17BrN2O3/c1-3-18-12(10-17)13(15(21)19(4-2)16(18)22)14(20)11-8-6-5-7-9-11/h5-9H,3-4,10H2,1-2H3. The molecule has 22 heavy (non-hydrogen) atoms. The lowest BCUT2D eigenvalue weighted by Gasteiger charge is -2.15. The van der Waals surface area contributed by atoms with Gasteiger partial charge < -0.3 is 0 Å². The van der Waals surface area contributed by atoms with E-state index in [-0.39, 0.29) is 28.9 Å². The number of rotatable bonds is 5. The molecule has 2 aromatic rings. The number of aromatic nitrogens is 2. The van der Waals surface area contributed by atoms with Gasteiger partial charge in [0.1, 0.15) is 5.56 Å². The largest absolute Gasteiger partial charge is 0.331 e. The molecule has 0 atom stereocenters. The molecule has 0 radical (unpaired) electrons. The monoisotopic (exact) mass is 364 g/mol. The molecule has 0 amide bonds. The van der Waals surface area contributed by atoms with Crippen molar-refractivity contribution >= 4 is 21.7 Å². The van der Waals surface area contributed by atoms with E-state index in [1.54, 1.807) is 37.3 Å². The molecule has 6 heteroatoms. The van der Waals surface area contributed by atoms with Crippen LogP contribution in [0.4, 0.5) is 0 Å². The number of nitrogens with zero attached hydrogens (tertiary/aromatic N) is 2. The molecule has 0 N–H and O–H groups in total. The first-order valence-electron chi connectivity index (χ1n) is 7.08. The van der Waals surface area contributed by atoms with Crippen LogP contribution in [-0.2, 0) is 18.4 Å². The lowest BCUT2D eigenvalue weighted by atomic mass is 10.0. The molecular weight excluding hydrogens is 348 g/mol. The molecule has 2 rings (SSSR count). The van der Waals surface area contributed by atoms with Crippen molar-refractivity contribution in [1.82, 2.24) is 9.13 Å². The highest BCUT2D eigenvalue weighted by Gasteiger charge is 2.23. The van der Waals surface area contributed by atoms with Crippen molar-refractivity contribution in [2.45, 2.75) is 32.3 Å². The predicted molar refractivity (Wildman–Crippen MR) is 88.8 cm³/mol. The quantitative estimate of drug-likeness (QED) is 0.603. The molecule has 0 aliphatic heterocycles. The minimum absolute atomic E-state index is 0.0615. The number of hydrogen-bond donors (Lipinski definition) is 0. The van der Waals surface area contributed by atoms with Gasteiger partial charge in [0.15, 0.2) is 5.78 Å². The number of carbonyl (C=O) groups is 1. The summed E-state index contributed by atoms with van der Waals surface area (Å²) in [5.74, 6) is -0.357. The molecule has 0 saturated heterocycles. The highest BCUT2D eigenvalue weighted by Crippen LogP contribution is 2.13. The Kier molecular flexibility index (Phi) is 5.13. The fourth-order valence-corrected chi connectivity index (χ4v) is 3.03. The van der Waals surface area contributed by atoms with E-state index < -0.39 is 5.56 Å². The lowest BCUT2D eigenvalue weighted by molar-refractivity contribution is 0.103. The average molecular weight is 365 g/mol. The Morgan fingerprint density at radius 3 is 2.14 bits per heavy atom. The summed E-state index contributed by atoms with van der Waals surface area (Å²) in [6, 6.07) is 8.62. The summed E-state index contributed by atoms with van der Waals surface area (Å²) in [6.45, 7) is 4.16. The van der Waals surface area contributed by atoms with Crippen LogP contribution in [-0.4, -0.2) is 14.9 Å². The van der Waals surface area contributed by atoms with Gasteiger partial charge in [0, 0.05) is 29.7 Å². The normalized spacial score (nSPS) is 10.7. The van der Waals surface area contributed by atoms with E-state index in [1.807, 2.05) is 6.92 Å². The van der Waals surface area contributed by atoms with Crippen LogP contribution in [0.2, 0.25) is 0 Å². The van der Waals surface area contributed by atoms with E-state index in [1.165, 1.54) is 4.57 Å². The van der Waals surface area contributed by atoms with Crippen LogP contribution in [0.15, 0.2) is 39.9 Å². The van der Waals surface area contributed by atoms with Gasteiger partial charge in [0.25, 0.3) is 5.56 Å². The van der Waals surface area contributed by atoms with E-state index in [9.17, 15) is 14.4 Å². The van der Waals surface area contributed by atoms with Crippen molar-refractivity contribution in [2.24, 2.45) is 0 Å². The molecule has 0 spiro atoms. The maximum Gasteiger partial charge on any atom is 0.331 e. The third kappa shape index (κ3) is 2.70. The van der Waals surface area contributed by atoms with Crippen LogP contribution in [0.1, 0.15) is 35.5 Å². The second-order valence-electron chi connectivity index (χ2n) is 4.73. The Morgan fingerprint density at radius 1 is 1.05 bits per heavy atom. The summed E-state index contributed by atoms with van der Waals surface area (Å²) in [5, 5.41) is 0.268. The number of ketones is 1. The molecule has 0 aliphatic carbocycles. The zero-order valence-corrected chi connectivity index (χ0v) is 14.1. The van der Waals surface area contributed by atoms with E-state index in [2.05, 4.69) is 15.9 Å². The molecule has 0 unspecified atom stereocenters. The second kappa shape index (κ2) is 6.87. The average Bonchev–Trinajstić information content (AvgIpc) is 2.55. The van der Waals surface area contributed by atoms with Crippen molar-refractivity contribution in [2.75, 3.05) is 0 Å². The lowest BCUT2D eigenvalue weighted by Crippen LogP contribution is -2.44. The van der Waals surface area contributed by atoms with Crippen LogP contribution >= 0.6 is 15.9 Å². The Labute approximate surface area is 136 Å². The van der Waals surface area contributed by atoms with Crippen LogP contribution in [0, 0.1) is 0 Å². The molecule has 0 saturated carbocycles. The minimum Gasteiger partial charge on any atom is -0.296 e. The molecule has 0 bridgehead atoms. The highest BCUT2D eigenvalue weighted by atomic mass is 79.9.